The zero-order valence-corrected chi connectivity index (χ0v) is 9.70. The van der Waals surface area contributed by atoms with Gasteiger partial charge in [-0.3, -0.25) is 4.79 Å². The average Bonchev–Trinajstić information content (AvgIpc) is 2.28. The van der Waals surface area contributed by atoms with E-state index in [1.165, 1.54) is 0 Å². The molecule has 0 saturated heterocycles. The molecular weight excluding hydrogens is 246 g/mol. The van der Waals surface area contributed by atoms with E-state index in [1.54, 1.807) is 24.3 Å². The second-order valence-corrected chi connectivity index (χ2v) is 3.65. The van der Waals surface area contributed by atoms with E-state index >= 15 is 0 Å². The van der Waals surface area contributed by atoms with Crippen molar-refractivity contribution in [3.63, 3.8) is 0 Å². The third-order valence-corrected chi connectivity index (χ3v) is 2.09. The quantitative estimate of drug-likeness (QED) is 0.776. The lowest BCUT2D eigenvalue weighted by atomic mass is 10.3. The van der Waals surface area contributed by atoms with Crippen LogP contribution in [0.25, 0.3) is 0 Å². The Kier molecular flexibility index (Phi) is 5.29. The zero-order valence-electron chi connectivity index (χ0n) is 8.94. The Morgan fingerprint density at radius 3 is 2.53 bits per heavy atom. The summed E-state index contributed by atoms with van der Waals surface area (Å²) in [4.78, 5) is 21.3. The van der Waals surface area contributed by atoms with Crippen molar-refractivity contribution in [2.75, 3.05) is 13.2 Å². The number of aliphatic carboxylic acids is 1. The highest BCUT2D eigenvalue weighted by Gasteiger charge is 2.01. The number of amides is 1. The number of benzene rings is 1. The zero-order chi connectivity index (χ0) is 12.7. The van der Waals surface area contributed by atoms with Crippen LogP contribution < -0.4 is 15.2 Å². The first-order valence-electron chi connectivity index (χ1n) is 4.93. The molecule has 0 spiro atoms. The van der Waals surface area contributed by atoms with E-state index in [0.29, 0.717) is 10.8 Å². The molecule has 0 aromatic heterocycles. The summed E-state index contributed by atoms with van der Waals surface area (Å²) in [7, 11) is 0. The van der Waals surface area contributed by atoms with Crippen LogP contribution in [0.3, 0.4) is 0 Å². The number of carbonyl (C=O) groups is 2. The molecule has 1 aromatic carbocycles. The number of carboxylic acid groups (broad SMARTS) is 1. The van der Waals surface area contributed by atoms with Gasteiger partial charge in [-0.05, 0) is 24.3 Å². The molecule has 5 nitrogen and oxygen atoms in total. The minimum absolute atomic E-state index is 0.0329. The van der Waals surface area contributed by atoms with E-state index in [1.807, 2.05) is 0 Å². The number of carbonyl (C=O) groups excluding carboxylic acids is 2. The average molecular weight is 257 g/mol. The molecule has 0 aliphatic rings. The van der Waals surface area contributed by atoms with Crippen LogP contribution in [0.5, 0.6) is 5.75 Å². The fourth-order valence-electron chi connectivity index (χ4n) is 1.03. The van der Waals surface area contributed by atoms with Crippen LogP contribution in [0, 0.1) is 0 Å². The number of halogens is 1. The van der Waals surface area contributed by atoms with E-state index in [-0.39, 0.29) is 25.5 Å². The summed E-state index contributed by atoms with van der Waals surface area (Å²) < 4.78 is 5.15. The van der Waals surface area contributed by atoms with Gasteiger partial charge in [0.15, 0.2) is 6.61 Å². The maximum atomic E-state index is 11.2. The van der Waals surface area contributed by atoms with Gasteiger partial charge in [-0.15, -0.1) is 0 Å². The van der Waals surface area contributed by atoms with E-state index < -0.39 is 5.97 Å². The third-order valence-electron chi connectivity index (χ3n) is 1.83. The van der Waals surface area contributed by atoms with Crippen LogP contribution in [0.4, 0.5) is 0 Å². The smallest absolute Gasteiger partial charge is 0.257 e. The first-order chi connectivity index (χ1) is 8.08. The Balaban J connectivity index is 2.23. The van der Waals surface area contributed by atoms with Gasteiger partial charge in [0.1, 0.15) is 5.75 Å². The van der Waals surface area contributed by atoms with Gasteiger partial charge in [0, 0.05) is 24.0 Å². The Morgan fingerprint density at radius 2 is 1.94 bits per heavy atom. The van der Waals surface area contributed by atoms with Crippen LogP contribution in [-0.4, -0.2) is 25.0 Å². The Labute approximate surface area is 103 Å². The molecule has 0 aliphatic heterocycles. The highest BCUT2D eigenvalue weighted by molar-refractivity contribution is 6.30. The number of hydrogen-bond acceptors (Lipinski definition) is 4. The molecule has 0 atom stereocenters. The first kappa shape index (κ1) is 13.3. The summed E-state index contributed by atoms with van der Waals surface area (Å²) in [6.07, 6.45) is -0.216. The number of carboxylic acids is 1. The van der Waals surface area contributed by atoms with Gasteiger partial charge in [0.25, 0.3) is 5.91 Å². The van der Waals surface area contributed by atoms with Crippen molar-refractivity contribution in [1.82, 2.24) is 5.32 Å². The molecule has 1 rings (SSSR count). The second kappa shape index (κ2) is 6.75. The minimum Gasteiger partial charge on any atom is -0.550 e. The predicted molar refractivity (Wildman–Crippen MR) is 59.6 cm³/mol. The summed E-state index contributed by atoms with van der Waals surface area (Å²) >= 11 is 5.68. The molecule has 0 saturated carbocycles. The Morgan fingerprint density at radius 1 is 1.29 bits per heavy atom. The van der Waals surface area contributed by atoms with Crippen LogP contribution in [0.2, 0.25) is 5.02 Å². The topological polar surface area (TPSA) is 78.5 Å². The lowest BCUT2D eigenvalue weighted by Crippen LogP contribution is -2.33. The van der Waals surface area contributed by atoms with Gasteiger partial charge >= 0.3 is 0 Å². The third kappa shape index (κ3) is 5.77. The number of rotatable bonds is 6. The molecule has 0 radical (unpaired) electrons. The van der Waals surface area contributed by atoms with E-state index in [2.05, 4.69) is 5.32 Å². The van der Waals surface area contributed by atoms with Gasteiger partial charge in [0.2, 0.25) is 0 Å². The van der Waals surface area contributed by atoms with E-state index in [4.69, 9.17) is 16.3 Å². The fourth-order valence-corrected chi connectivity index (χ4v) is 1.16. The maximum absolute atomic E-state index is 11.2. The normalized spacial score (nSPS) is 9.71. The Bertz CT molecular complexity index is 391. The molecule has 1 amide bonds. The fraction of sp³-hybridized carbons (Fsp3) is 0.273. The van der Waals surface area contributed by atoms with Crippen molar-refractivity contribution < 1.29 is 19.4 Å². The summed E-state index contributed by atoms with van der Waals surface area (Å²) in [5.41, 5.74) is 0. The van der Waals surface area contributed by atoms with Crippen LogP contribution in [0.15, 0.2) is 24.3 Å². The minimum atomic E-state index is -1.20. The number of nitrogens with one attached hydrogen (secondary N) is 1. The highest BCUT2D eigenvalue weighted by Crippen LogP contribution is 2.15. The van der Waals surface area contributed by atoms with Crippen molar-refractivity contribution in [3.05, 3.63) is 29.3 Å². The van der Waals surface area contributed by atoms with Crippen LogP contribution >= 0.6 is 11.6 Å². The molecule has 1 aromatic rings. The molecule has 0 bridgehead atoms. The monoisotopic (exact) mass is 256 g/mol. The molecule has 0 unspecified atom stereocenters. The van der Waals surface area contributed by atoms with Crippen molar-refractivity contribution in [2.45, 2.75) is 6.42 Å². The molecule has 0 heterocycles. The number of hydrogen-bond donors (Lipinski definition) is 1. The lowest BCUT2D eigenvalue weighted by molar-refractivity contribution is -0.305. The molecule has 6 heteroatoms. The maximum Gasteiger partial charge on any atom is 0.257 e. The van der Waals surface area contributed by atoms with Crippen LogP contribution in [-0.2, 0) is 9.59 Å². The van der Waals surface area contributed by atoms with Crippen molar-refractivity contribution >= 4 is 23.5 Å². The predicted octanol–water partition coefficient (Wildman–Crippen LogP) is -0.0250. The first-order valence-corrected chi connectivity index (χ1v) is 5.30. The molecular formula is C11H11ClNO4-. The molecule has 0 aliphatic carbocycles. The summed E-state index contributed by atoms with van der Waals surface area (Å²) in [5.74, 6) is -1.07. The Hall–Kier alpha value is -1.75. The number of ether oxygens (including phenoxy) is 1. The van der Waals surface area contributed by atoms with Gasteiger partial charge in [-0.1, -0.05) is 11.6 Å². The van der Waals surface area contributed by atoms with Gasteiger partial charge in [-0.2, -0.15) is 0 Å². The van der Waals surface area contributed by atoms with E-state index in [0.717, 1.165) is 0 Å². The summed E-state index contributed by atoms with van der Waals surface area (Å²) in [5, 5.41) is 13.1. The van der Waals surface area contributed by atoms with Crippen molar-refractivity contribution in [2.24, 2.45) is 0 Å². The van der Waals surface area contributed by atoms with Crippen molar-refractivity contribution in [1.29, 1.82) is 0 Å². The second-order valence-electron chi connectivity index (χ2n) is 3.21. The molecule has 1 N–H and O–H groups in total. The van der Waals surface area contributed by atoms with Crippen molar-refractivity contribution in [3.8, 4) is 5.75 Å². The SMILES string of the molecule is O=C([O-])CCNC(=O)COc1ccc(Cl)cc1. The summed E-state index contributed by atoms with van der Waals surface area (Å²) in [6.45, 7) is -0.139. The largest absolute Gasteiger partial charge is 0.550 e. The molecule has 92 valence electrons. The molecule has 0 fully saturated rings. The van der Waals surface area contributed by atoms with Gasteiger partial charge < -0.3 is 20.0 Å². The van der Waals surface area contributed by atoms with E-state index in [9.17, 15) is 14.7 Å². The standard InChI is InChI=1S/C11H12ClNO4/c12-8-1-3-9(4-2-8)17-7-10(14)13-6-5-11(15)16/h1-4H,5-7H2,(H,13,14)(H,15,16)/p-1. The highest BCUT2D eigenvalue weighted by atomic mass is 35.5. The van der Waals surface area contributed by atoms with Crippen LogP contribution in [0.1, 0.15) is 6.42 Å². The summed E-state index contributed by atoms with van der Waals surface area (Å²) in [6, 6.07) is 6.56. The lowest BCUT2D eigenvalue weighted by Gasteiger charge is -2.07. The van der Waals surface area contributed by atoms with Gasteiger partial charge in [0.05, 0.1) is 0 Å². The molecule has 17 heavy (non-hydrogen) atoms. The van der Waals surface area contributed by atoms with Gasteiger partial charge in [-0.25, -0.2) is 0 Å².